The van der Waals surface area contributed by atoms with Crippen LogP contribution in [0.4, 0.5) is 23.1 Å². The maximum atomic E-state index is 13.6. The fraction of sp³-hybridized carbons (Fsp3) is 0.233. The van der Waals surface area contributed by atoms with Crippen LogP contribution in [0.5, 0.6) is 0 Å². The molecule has 0 aliphatic carbocycles. The van der Waals surface area contributed by atoms with E-state index in [0.717, 1.165) is 44.7 Å². The maximum Gasteiger partial charge on any atom is 0.259 e. The Bertz CT molecular complexity index is 1800. The van der Waals surface area contributed by atoms with Crippen molar-refractivity contribution in [3.05, 3.63) is 77.2 Å². The van der Waals surface area contributed by atoms with Crippen LogP contribution >= 0.6 is 0 Å². The number of fused-ring (bicyclic) bond motifs is 2. The Morgan fingerprint density at radius 1 is 1.12 bits per heavy atom. The van der Waals surface area contributed by atoms with Gasteiger partial charge >= 0.3 is 0 Å². The van der Waals surface area contributed by atoms with Gasteiger partial charge in [-0.2, -0.15) is 5.10 Å². The van der Waals surface area contributed by atoms with E-state index < -0.39 is 0 Å². The summed E-state index contributed by atoms with van der Waals surface area (Å²) in [6, 6.07) is 13.3. The van der Waals surface area contributed by atoms with E-state index in [2.05, 4.69) is 25.7 Å². The Kier molecular flexibility index (Phi) is 6.50. The van der Waals surface area contributed by atoms with Gasteiger partial charge in [0, 0.05) is 59.0 Å². The SMILES string of the molecule is Cc1cnc(Nc2cc(C)n(C)n2)nc1-c1c[nH]c2c(N3Cc4c(NC(=O)CN(C)C)cccc4C3=O)cccc12. The predicted molar refractivity (Wildman–Crippen MR) is 159 cm³/mol. The molecule has 1 aliphatic heterocycles. The second kappa shape index (κ2) is 10.2. The van der Waals surface area contributed by atoms with Gasteiger partial charge in [0.1, 0.15) is 0 Å². The van der Waals surface area contributed by atoms with Gasteiger partial charge in [-0.15, -0.1) is 0 Å². The van der Waals surface area contributed by atoms with Crippen LogP contribution in [0.2, 0.25) is 0 Å². The highest BCUT2D eigenvalue weighted by atomic mass is 16.2. The normalized spacial score (nSPS) is 12.8. The molecular formula is C30H31N9O2. The van der Waals surface area contributed by atoms with E-state index in [4.69, 9.17) is 4.98 Å². The van der Waals surface area contributed by atoms with E-state index in [-0.39, 0.29) is 18.4 Å². The zero-order valence-electron chi connectivity index (χ0n) is 23.6. The Labute approximate surface area is 237 Å². The summed E-state index contributed by atoms with van der Waals surface area (Å²) >= 11 is 0. The Morgan fingerprint density at radius 2 is 1.93 bits per heavy atom. The van der Waals surface area contributed by atoms with Gasteiger partial charge in [0.05, 0.1) is 30.0 Å². The first kappa shape index (κ1) is 26.2. The first-order chi connectivity index (χ1) is 19.7. The third kappa shape index (κ3) is 4.80. The number of likely N-dealkylation sites (N-methyl/N-ethyl adjacent to an activating group) is 1. The molecule has 5 aromatic rings. The number of nitrogens with zero attached hydrogens (tertiary/aromatic N) is 6. The molecule has 0 saturated carbocycles. The van der Waals surface area contributed by atoms with Gasteiger partial charge in [-0.3, -0.25) is 14.3 Å². The number of rotatable bonds is 7. The monoisotopic (exact) mass is 549 g/mol. The van der Waals surface area contributed by atoms with Crippen LogP contribution in [-0.2, 0) is 18.4 Å². The van der Waals surface area contributed by atoms with Crippen LogP contribution < -0.4 is 15.5 Å². The molecule has 0 spiro atoms. The number of para-hydroxylation sites is 1. The molecular weight excluding hydrogens is 518 g/mol. The minimum atomic E-state index is -0.127. The third-order valence-electron chi connectivity index (χ3n) is 7.27. The van der Waals surface area contributed by atoms with Gasteiger partial charge in [-0.1, -0.05) is 18.2 Å². The number of carbonyl (C=O) groups excluding carboxylic acids is 2. The molecule has 208 valence electrons. The summed E-state index contributed by atoms with van der Waals surface area (Å²) < 4.78 is 1.79. The Morgan fingerprint density at radius 3 is 2.68 bits per heavy atom. The maximum absolute atomic E-state index is 13.6. The molecule has 3 aromatic heterocycles. The van der Waals surface area contributed by atoms with Crippen LogP contribution in [0, 0.1) is 13.8 Å². The van der Waals surface area contributed by atoms with Crippen molar-refractivity contribution in [2.75, 3.05) is 36.2 Å². The van der Waals surface area contributed by atoms with E-state index in [1.807, 2.05) is 71.5 Å². The second-order valence-corrected chi connectivity index (χ2v) is 10.6. The van der Waals surface area contributed by atoms with Crippen LogP contribution in [-0.4, -0.2) is 62.1 Å². The van der Waals surface area contributed by atoms with Crippen molar-refractivity contribution in [1.82, 2.24) is 29.6 Å². The van der Waals surface area contributed by atoms with Gasteiger partial charge in [0.15, 0.2) is 5.82 Å². The van der Waals surface area contributed by atoms with Crippen molar-refractivity contribution < 1.29 is 9.59 Å². The molecule has 0 bridgehead atoms. The van der Waals surface area contributed by atoms with Crippen molar-refractivity contribution in [3.63, 3.8) is 0 Å². The molecule has 3 N–H and O–H groups in total. The molecule has 0 radical (unpaired) electrons. The van der Waals surface area contributed by atoms with E-state index in [9.17, 15) is 9.59 Å². The van der Waals surface area contributed by atoms with Gasteiger partial charge in [-0.05, 0) is 51.7 Å². The van der Waals surface area contributed by atoms with Gasteiger partial charge in [0.2, 0.25) is 11.9 Å². The quantitative estimate of drug-likeness (QED) is 0.275. The molecule has 41 heavy (non-hydrogen) atoms. The smallest absolute Gasteiger partial charge is 0.259 e. The summed E-state index contributed by atoms with van der Waals surface area (Å²) in [6.07, 6.45) is 3.70. The summed E-state index contributed by atoms with van der Waals surface area (Å²) in [5, 5.41) is 11.5. The van der Waals surface area contributed by atoms with Crippen molar-refractivity contribution in [2.24, 2.45) is 7.05 Å². The zero-order valence-corrected chi connectivity index (χ0v) is 23.6. The van der Waals surface area contributed by atoms with Crippen molar-refractivity contribution in [2.45, 2.75) is 20.4 Å². The highest BCUT2D eigenvalue weighted by Crippen LogP contribution is 2.39. The minimum absolute atomic E-state index is 0.109. The number of carbonyl (C=O) groups is 2. The fourth-order valence-corrected chi connectivity index (χ4v) is 5.19. The average molecular weight is 550 g/mol. The lowest BCUT2D eigenvalue weighted by Gasteiger charge is -2.17. The lowest BCUT2D eigenvalue weighted by molar-refractivity contribution is -0.116. The standard InChI is InChI=1S/C30H31N9O2/c1-17-13-32-30(34-25-12-18(2)38(5)36-25)35-27(17)21-14-31-28-19(21)8-7-11-24(28)39-15-22-20(29(39)41)9-6-10-23(22)33-26(40)16-37(3)4/h6-14,31H,15-16H2,1-5H3,(H,33,40)(H,32,34,35,36). The van der Waals surface area contributed by atoms with E-state index in [0.29, 0.717) is 29.6 Å². The summed E-state index contributed by atoms with van der Waals surface area (Å²) in [7, 11) is 5.57. The number of nitrogens with one attached hydrogen (secondary N) is 3. The average Bonchev–Trinajstić information content (AvgIpc) is 3.60. The summed E-state index contributed by atoms with van der Waals surface area (Å²) in [6.45, 7) is 4.56. The molecule has 2 aromatic carbocycles. The third-order valence-corrected chi connectivity index (χ3v) is 7.27. The number of H-pyrrole nitrogens is 1. The first-order valence-corrected chi connectivity index (χ1v) is 13.3. The molecule has 11 heteroatoms. The lowest BCUT2D eigenvalue weighted by Crippen LogP contribution is -2.27. The van der Waals surface area contributed by atoms with Crippen molar-refractivity contribution in [3.8, 4) is 11.3 Å². The molecule has 11 nitrogen and oxygen atoms in total. The van der Waals surface area contributed by atoms with Crippen molar-refractivity contribution >= 4 is 45.9 Å². The number of aromatic nitrogens is 5. The highest BCUT2D eigenvalue weighted by Gasteiger charge is 2.32. The molecule has 6 rings (SSSR count). The predicted octanol–water partition coefficient (Wildman–Crippen LogP) is 4.38. The molecule has 0 fully saturated rings. The fourth-order valence-electron chi connectivity index (χ4n) is 5.19. The molecule has 4 heterocycles. The number of hydrogen-bond acceptors (Lipinski definition) is 7. The second-order valence-electron chi connectivity index (χ2n) is 10.6. The Balaban J connectivity index is 1.33. The molecule has 0 atom stereocenters. The number of hydrogen-bond donors (Lipinski definition) is 3. The molecule has 0 unspecified atom stereocenters. The van der Waals surface area contributed by atoms with Crippen LogP contribution in [0.1, 0.15) is 27.2 Å². The molecule has 2 amide bonds. The van der Waals surface area contributed by atoms with E-state index in [1.165, 1.54) is 0 Å². The van der Waals surface area contributed by atoms with Crippen LogP contribution in [0.3, 0.4) is 0 Å². The zero-order chi connectivity index (χ0) is 28.8. The number of amides is 2. The highest BCUT2D eigenvalue weighted by molar-refractivity contribution is 6.15. The van der Waals surface area contributed by atoms with E-state index >= 15 is 0 Å². The number of aryl methyl sites for hydroxylation is 3. The topological polar surface area (TPSA) is 124 Å². The number of benzene rings is 2. The van der Waals surface area contributed by atoms with E-state index in [1.54, 1.807) is 32.8 Å². The summed E-state index contributed by atoms with van der Waals surface area (Å²) in [4.78, 5) is 42.3. The first-order valence-electron chi connectivity index (χ1n) is 13.3. The minimum Gasteiger partial charge on any atom is -0.359 e. The largest absolute Gasteiger partial charge is 0.359 e. The molecule has 1 aliphatic rings. The lowest BCUT2D eigenvalue weighted by atomic mass is 10.1. The number of aromatic amines is 1. The van der Waals surface area contributed by atoms with Crippen LogP contribution in [0.15, 0.2) is 54.9 Å². The summed E-state index contributed by atoms with van der Waals surface area (Å²) in [5.41, 5.74) is 7.26. The van der Waals surface area contributed by atoms with Crippen LogP contribution in [0.25, 0.3) is 22.2 Å². The Hall–Kier alpha value is -5.03. The van der Waals surface area contributed by atoms with Crippen molar-refractivity contribution in [1.29, 1.82) is 0 Å². The number of anilines is 4. The van der Waals surface area contributed by atoms with Gasteiger partial charge in [-0.25, -0.2) is 9.97 Å². The summed E-state index contributed by atoms with van der Waals surface area (Å²) in [5.74, 6) is 0.883. The molecule has 0 saturated heterocycles. The van der Waals surface area contributed by atoms with Gasteiger partial charge < -0.3 is 25.4 Å². The van der Waals surface area contributed by atoms with Gasteiger partial charge in [0.25, 0.3) is 5.91 Å².